The smallest absolute Gasteiger partial charge is 0.0459 e. The number of hydrogen-bond donors (Lipinski definition) is 2. The number of nitrogens with one attached hydrogen (secondary N) is 2. The van der Waals surface area contributed by atoms with Crippen LogP contribution < -0.4 is 5.32 Å². The second kappa shape index (κ2) is 2.45. The quantitative estimate of drug-likeness (QED) is 0.668. The number of aromatic amines is 1. The molecule has 2 heteroatoms. The Morgan fingerprint density at radius 1 is 1.13 bits per heavy atom. The van der Waals surface area contributed by atoms with Crippen molar-refractivity contribution in [1.29, 1.82) is 0 Å². The monoisotopic (exact) mass is 198 g/mol. The van der Waals surface area contributed by atoms with E-state index in [9.17, 15) is 0 Å². The minimum Gasteiger partial charge on any atom is -0.357 e. The number of fused-ring (bicyclic) bond motifs is 4. The van der Waals surface area contributed by atoms with Crippen LogP contribution in [0.1, 0.15) is 24.1 Å². The van der Waals surface area contributed by atoms with E-state index < -0.39 is 0 Å². The molecule has 2 nitrogen and oxygen atoms in total. The SMILES string of the molecule is c1ccc2c3c([nH]c2c1)CNCC31CC1. The molecule has 4 rings (SSSR count). The molecule has 0 bridgehead atoms. The van der Waals surface area contributed by atoms with Gasteiger partial charge in [-0.25, -0.2) is 0 Å². The second-order valence-corrected chi connectivity index (χ2v) is 4.91. The van der Waals surface area contributed by atoms with Crippen molar-refractivity contribution in [1.82, 2.24) is 10.3 Å². The van der Waals surface area contributed by atoms with Crippen LogP contribution in [0.2, 0.25) is 0 Å². The maximum Gasteiger partial charge on any atom is 0.0459 e. The third-order valence-corrected chi connectivity index (χ3v) is 3.93. The van der Waals surface area contributed by atoms with E-state index >= 15 is 0 Å². The van der Waals surface area contributed by atoms with E-state index in [-0.39, 0.29) is 0 Å². The van der Waals surface area contributed by atoms with Crippen LogP contribution in [0.5, 0.6) is 0 Å². The van der Waals surface area contributed by atoms with E-state index in [0.29, 0.717) is 5.41 Å². The van der Waals surface area contributed by atoms with Crippen LogP contribution in [0.25, 0.3) is 10.9 Å². The highest BCUT2D eigenvalue weighted by molar-refractivity contribution is 5.86. The van der Waals surface area contributed by atoms with Gasteiger partial charge >= 0.3 is 0 Å². The Kier molecular flexibility index (Phi) is 1.30. The molecule has 1 fully saturated rings. The minimum absolute atomic E-state index is 0.479. The first-order valence-corrected chi connectivity index (χ1v) is 5.70. The molecule has 0 radical (unpaired) electrons. The van der Waals surface area contributed by atoms with Gasteiger partial charge in [0, 0.05) is 35.1 Å². The van der Waals surface area contributed by atoms with Crippen LogP contribution in [0.4, 0.5) is 0 Å². The van der Waals surface area contributed by atoms with Crippen molar-refractivity contribution in [3.05, 3.63) is 35.5 Å². The Morgan fingerprint density at radius 2 is 2.00 bits per heavy atom. The number of aromatic nitrogens is 1. The number of para-hydroxylation sites is 1. The van der Waals surface area contributed by atoms with Crippen molar-refractivity contribution in [2.24, 2.45) is 0 Å². The molecule has 2 N–H and O–H groups in total. The predicted molar refractivity (Wildman–Crippen MR) is 60.9 cm³/mol. The third-order valence-electron chi connectivity index (χ3n) is 3.93. The van der Waals surface area contributed by atoms with E-state index in [1.54, 1.807) is 5.56 Å². The van der Waals surface area contributed by atoms with E-state index in [1.165, 1.54) is 36.0 Å². The molecule has 2 aromatic rings. The van der Waals surface area contributed by atoms with Crippen molar-refractivity contribution >= 4 is 10.9 Å². The van der Waals surface area contributed by atoms with Crippen molar-refractivity contribution in [3.63, 3.8) is 0 Å². The van der Waals surface area contributed by atoms with Gasteiger partial charge in [0.15, 0.2) is 0 Å². The molecule has 1 aromatic carbocycles. The van der Waals surface area contributed by atoms with Crippen LogP contribution in [0.3, 0.4) is 0 Å². The van der Waals surface area contributed by atoms with Gasteiger partial charge in [-0.2, -0.15) is 0 Å². The lowest BCUT2D eigenvalue weighted by atomic mass is 9.90. The van der Waals surface area contributed by atoms with Crippen LogP contribution in [0.15, 0.2) is 24.3 Å². The Labute approximate surface area is 88.7 Å². The van der Waals surface area contributed by atoms with Gasteiger partial charge < -0.3 is 10.3 Å². The molecule has 76 valence electrons. The average Bonchev–Trinajstić information content (AvgIpc) is 2.92. The third kappa shape index (κ3) is 0.927. The Morgan fingerprint density at radius 3 is 2.87 bits per heavy atom. The first kappa shape index (κ1) is 7.94. The standard InChI is InChI=1S/C13H14N2/c1-2-4-10-9(3-1)12-11(15-10)7-14-8-13(12)5-6-13/h1-4,14-15H,5-8H2. The van der Waals surface area contributed by atoms with Gasteiger partial charge in [0.2, 0.25) is 0 Å². The summed E-state index contributed by atoms with van der Waals surface area (Å²) in [6.45, 7) is 2.17. The Hall–Kier alpha value is -1.28. The van der Waals surface area contributed by atoms with Gasteiger partial charge in [-0.1, -0.05) is 18.2 Å². The van der Waals surface area contributed by atoms with Crippen LogP contribution in [-0.2, 0) is 12.0 Å². The predicted octanol–water partition coefficient (Wildman–Crippen LogP) is 2.30. The van der Waals surface area contributed by atoms with Crippen molar-refractivity contribution in [3.8, 4) is 0 Å². The summed E-state index contributed by atoms with van der Waals surface area (Å²) in [4.78, 5) is 3.55. The Bertz CT molecular complexity index is 534. The molecule has 0 saturated heterocycles. The highest BCUT2D eigenvalue weighted by Crippen LogP contribution is 2.52. The molecule has 1 aliphatic carbocycles. The molecule has 2 heterocycles. The molecule has 0 atom stereocenters. The fraction of sp³-hybridized carbons (Fsp3) is 0.385. The average molecular weight is 198 g/mol. The van der Waals surface area contributed by atoms with Crippen molar-refractivity contribution < 1.29 is 0 Å². The van der Waals surface area contributed by atoms with E-state index in [0.717, 1.165) is 6.54 Å². The molecular formula is C13H14N2. The van der Waals surface area contributed by atoms with Crippen molar-refractivity contribution in [2.75, 3.05) is 6.54 Å². The van der Waals surface area contributed by atoms with E-state index in [4.69, 9.17) is 0 Å². The minimum atomic E-state index is 0.479. The molecule has 1 aromatic heterocycles. The maximum absolute atomic E-state index is 3.55. The van der Waals surface area contributed by atoms with E-state index in [2.05, 4.69) is 34.6 Å². The van der Waals surface area contributed by atoms with Crippen molar-refractivity contribution in [2.45, 2.75) is 24.8 Å². The zero-order valence-electron chi connectivity index (χ0n) is 8.64. The van der Waals surface area contributed by atoms with Gasteiger partial charge in [0.1, 0.15) is 0 Å². The summed E-state index contributed by atoms with van der Waals surface area (Å²) < 4.78 is 0. The summed E-state index contributed by atoms with van der Waals surface area (Å²) in [6.07, 6.45) is 2.71. The van der Waals surface area contributed by atoms with Gasteiger partial charge in [-0.3, -0.25) is 0 Å². The summed E-state index contributed by atoms with van der Waals surface area (Å²) in [5.74, 6) is 0. The molecule has 1 aliphatic heterocycles. The lowest BCUT2D eigenvalue weighted by Gasteiger charge is -2.23. The lowest BCUT2D eigenvalue weighted by Crippen LogP contribution is -2.32. The largest absolute Gasteiger partial charge is 0.357 e. The molecule has 2 aliphatic rings. The van der Waals surface area contributed by atoms with E-state index in [1.807, 2.05) is 0 Å². The van der Waals surface area contributed by atoms with Gasteiger partial charge in [-0.15, -0.1) is 0 Å². The molecule has 1 spiro atoms. The fourth-order valence-electron chi connectivity index (χ4n) is 3.03. The second-order valence-electron chi connectivity index (χ2n) is 4.91. The first-order chi connectivity index (χ1) is 7.39. The highest BCUT2D eigenvalue weighted by Gasteiger charge is 2.48. The summed E-state index contributed by atoms with van der Waals surface area (Å²) in [6, 6.07) is 8.70. The molecule has 1 saturated carbocycles. The fourth-order valence-corrected chi connectivity index (χ4v) is 3.03. The molecule has 0 amide bonds. The van der Waals surface area contributed by atoms with Crippen LogP contribution in [-0.4, -0.2) is 11.5 Å². The zero-order chi connectivity index (χ0) is 9.88. The van der Waals surface area contributed by atoms with Gasteiger partial charge in [0.05, 0.1) is 0 Å². The molecule has 0 unspecified atom stereocenters. The molecule has 15 heavy (non-hydrogen) atoms. The lowest BCUT2D eigenvalue weighted by molar-refractivity contribution is 0.529. The maximum atomic E-state index is 3.55. The van der Waals surface area contributed by atoms with Gasteiger partial charge in [-0.05, 0) is 24.5 Å². The zero-order valence-corrected chi connectivity index (χ0v) is 8.64. The molecular weight excluding hydrogens is 184 g/mol. The van der Waals surface area contributed by atoms with Gasteiger partial charge in [0.25, 0.3) is 0 Å². The van der Waals surface area contributed by atoms with Crippen LogP contribution >= 0.6 is 0 Å². The number of hydrogen-bond acceptors (Lipinski definition) is 1. The summed E-state index contributed by atoms with van der Waals surface area (Å²) in [5, 5.41) is 4.97. The topological polar surface area (TPSA) is 27.8 Å². The highest BCUT2D eigenvalue weighted by atomic mass is 15.0. The van der Waals surface area contributed by atoms with Crippen LogP contribution in [0, 0.1) is 0 Å². The summed E-state index contributed by atoms with van der Waals surface area (Å²) in [7, 11) is 0. The number of rotatable bonds is 0. The Balaban J connectivity index is 2.10. The number of H-pyrrole nitrogens is 1. The normalized spacial score (nSPS) is 21.9. The summed E-state index contributed by atoms with van der Waals surface area (Å²) >= 11 is 0. The number of benzene rings is 1. The first-order valence-electron chi connectivity index (χ1n) is 5.70. The summed E-state index contributed by atoms with van der Waals surface area (Å²) in [5.41, 5.74) is 4.81.